The number of aldehydes is 1. The first kappa shape index (κ1) is 13.9. The lowest BCUT2D eigenvalue weighted by atomic mass is 10.1. The minimum Gasteiger partial charge on any atom is -0.487 e. The monoisotopic (exact) mass is 273 g/mol. The Morgan fingerprint density at radius 2 is 2.11 bits per heavy atom. The Bertz CT molecular complexity index is 528. The summed E-state index contributed by atoms with van der Waals surface area (Å²) in [5, 5.41) is 10.8. The average molecular weight is 274 g/mol. The van der Waals surface area contributed by atoms with Crippen LogP contribution in [0.25, 0.3) is 0 Å². The smallest absolute Gasteiger partial charge is 0.325 e. The first-order valence-corrected chi connectivity index (χ1v) is 4.98. The summed E-state index contributed by atoms with van der Waals surface area (Å²) in [5.74, 6) is -1.38. The quantitative estimate of drug-likeness (QED) is 0.274. The number of nitrogens with zero attached hydrogens (tertiary/aromatic N) is 1. The van der Waals surface area contributed by atoms with Crippen LogP contribution in [-0.2, 0) is 4.79 Å². The first-order valence-electron chi connectivity index (χ1n) is 4.60. The number of hydrogen-bond donors (Lipinski definition) is 0. The number of nitro benzene ring substituents is 1. The number of benzene rings is 1. The maximum atomic E-state index is 10.9. The zero-order chi connectivity index (χ0) is 13.9. The van der Waals surface area contributed by atoms with Gasteiger partial charge in [-0.15, -0.1) is 0 Å². The summed E-state index contributed by atoms with van der Waals surface area (Å²) < 4.78 is 9.54. The third-order valence-corrected chi connectivity index (χ3v) is 2.23. The molecule has 1 rings (SSSR count). The van der Waals surface area contributed by atoms with Crippen molar-refractivity contribution >= 4 is 29.5 Å². The molecule has 96 valence electrons. The molecule has 0 amide bonds. The molecule has 1 aromatic carbocycles. The lowest BCUT2D eigenvalue weighted by Gasteiger charge is -2.11. The molecular weight excluding hydrogens is 266 g/mol. The van der Waals surface area contributed by atoms with Crippen LogP contribution in [0.2, 0.25) is 5.02 Å². The molecule has 0 spiro atoms. The fourth-order valence-corrected chi connectivity index (χ4v) is 1.57. The molecule has 0 bridgehead atoms. The third kappa shape index (κ3) is 2.57. The summed E-state index contributed by atoms with van der Waals surface area (Å²) in [6.07, 6.45) is 0.268. The van der Waals surface area contributed by atoms with E-state index in [1.807, 2.05) is 0 Å². The van der Waals surface area contributed by atoms with Crippen LogP contribution < -0.4 is 9.47 Å². The van der Waals surface area contributed by atoms with Gasteiger partial charge in [0.1, 0.15) is 0 Å². The Morgan fingerprint density at radius 1 is 1.50 bits per heavy atom. The van der Waals surface area contributed by atoms with Crippen LogP contribution in [-0.4, -0.2) is 24.3 Å². The molecule has 18 heavy (non-hydrogen) atoms. The summed E-state index contributed by atoms with van der Waals surface area (Å²) in [6.45, 7) is 1.11. The highest BCUT2D eigenvalue weighted by Crippen LogP contribution is 2.44. The molecule has 0 aliphatic rings. The van der Waals surface area contributed by atoms with Gasteiger partial charge in [0.15, 0.2) is 12.0 Å². The van der Waals surface area contributed by atoms with Gasteiger partial charge in [0, 0.05) is 6.92 Å². The van der Waals surface area contributed by atoms with Gasteiger partial charge in [0.25, 0.3) is 0 Å². The summed E-state index contributed by atoms with van der Waals surface area (Å²) in [7, 11) is 1.14. The van der Waals surface area contributed by atoms with Crippen molar-refractivity contribution in [3.8, 4) is 11.5 Å². The lowest BCUT2D eigenvalue weighted by molar-refractivity contribution is -0.386. The van der Waals surface area contributed by atoms with Crippen LogP contribution in [0, 0.1) is 10.1 Å². The highest BCUT2D eigenvalue weighted by atomic mass is 35.5. The number of carbonyl (C=O) groups is 2. The molecule has 0 aliphatic carbocycles. The molecule has 0 aromatic heterocycles. The second kappa shape index (κ2) is 5.46. The van der Waals surface area contributed by atoms with E-state index in [0.717, 1.165) is 20.1 Å². The molecular formula is C10H8ClNO6. The van der Waals surface area contributed by atoms with E-state index in [1.54, 1.807) is 0 Å². The van der Waals surface area contributed by atoms with Crippen LogP contribution in [0.4, 0.5) is 5.69 Å². The fraction of sp³-hybridized carbons (Fsp3) is 0.200. The number of ether oxygens (including phenoxy) is 2. The van der Waals surface area contributed by atoms with E-state index >= 15 is 0 Å². The Hall–Kier alpha value is -2.15. The molecule has 0 heterocycles. The maximum absolute atomic E-state index is 10.9. The molecule has 1 aromatic rings. The molecule has 0 radical (unpaired) electrons. The molecule has 0 aliphatic heterocycles. The van der Waals surface area contributed by atoms with Gasteiger partial charge in [-0.3, -0.25) is 19.7 Å². The number of rotatable bonds is 4. The van der Waals surface area contributed by atoms with Crippen molar-refractivity contribution in [2.45, 2.75) is 6.92 Å². The Morgan fingerprint density at radius 3 is 2.50 bits per heavy atom. The normalized spacial score (nSPS) is 9.72. The summed E-state index contributed by atoms with van der Waals surface area (Å²) in [5.41, 5.74) is -0.870. The van der Waals surface area contributed by atoms with Gasteiger partial charge in [-0.1, -0.05) is 11.6 Å². The number of halogens is 1. The minimum absolute atomic E-state index is 0.130. The SMILES string of the molecule is COc1c(OC(C)=O)c(Cl)cc(C=O)c1[N+](=O)[O-]. The van der Waals surface area contributed by atoms with Crippen molar-refractivity contribution in [3.63, 3.8) is 0 Å². The van der Waals surface area contributed by atoms with E-state index in [1.165, 1.54) is 0 Å². The second-order valence-electron chi connectivity index (χ2n) is 3.13. The topological polar surface area (TPSA) is 95.7 Å². The molecule has 0 fully saturated rings. The zero-order valence-corrected chi connectivity index (χ0v) is 10.2. The molecule has 0 saturated heterocycles. The van der Waals surface area contributed by atoms with Gasteiger partial charge in [-0.2, -0.15) is 0 Å². The Kier molecular flexibility index (Phi) is 4.22. The van der Waals surface area contributed by atoms with E-state index in [4.69, 9.17) is 21.1 Å². The summed E-state index contributed by atoms with van der Waals surface area (Å²) >= 11 is 5.77. The largest absolute Gasteiger partial charge is 0.487 e. The highest BCUT2D eigenvalue weighted by molar-refractivity contribution is 6.33. The van der Waals surface area contributed by atoms with Crippen LogP contribution in [0.5, 0.6) is 11.5 Å². The van der Waals surface area contributed by atoms with Crippen LogP contribution in [0.3, 0.4) is 0 Å². The van der Waals surface area contributed by atoms with Crippen molar-refractivity contribution in [1.82, 2.24) is 0 Å². The molecule has 0 unspecified atom stereocenters. The van der Waals surface area contributed by atoms with Gasteiger partial charge in [0.05, 0.1) is 22.6 Å². The first-order chi connectivity index (χ1) is 8.42. The summed E-state index contributed by atoms with van der Waals surface area (Å²) in [6, 6.07) is 1.04. The Labute approximate surface area is 106 Å². The number of methoxy groups -OCH3 is 1. The van der Waals surface area contributed by atoms with Gasteiger partial charge < -0.3 is 9.47 Å². The van der Waals surface area contributed by atoms with E-state index < -0.39 is 16.6 Å². The lowest BCUT2D eigenvalue weighted by Crippen LogP contribution is -2.07. The zero-order valence-electron chi connectivity index (χ0n) is 9.43. The fourth-order valence-electron chi connectivity index (χ4n) is 1.32. The third-order valence-electron chi connectivity index (χ3n) is 1.95. The molecule has 0 N–H and O–H groups in total. The number of esters is 1. The van der Waals surface area contributed by atoms with Gasteiger partial charge in [-0.05, 0) is 6.07 Å². The van der Waals surface area contributed by atoms with E-state index in [0.29, 0.717) is 0 Å². The molecule has 0 saturated carbocycles. The van der Waals surface area contributed by atoms with E-state index in [9.17, 15) is 19.7 Å². The van der Waals surface area contributed by atoms with Crippen molar-refractivity contribution in [3.05, 3.63) is 26.8 Å². The predicted molar refractivity (Wildman–Crippen MR) is 61.4 cm³/mol. The van der Waals surface area contributed by atoms with Crippen molar-refractivity contribution in [2.24, 2.45) is 0 Å². The van der Waals surface area contributed by atoms with E-state index in [2.05, 4.69) is 0 Å². The number of hydrogen-bond acceptors (Lipinski definition) is 6. The maximum Gasteiger partial charge on any atom is 0.325 e. The predicted octanol–water partition coefficient (Wildman–Crippen LogP) is 1.99. The standard InChI is InChI=1S/C10H8ClNO6/c1-5(14)18-9-7(11)3-6(4-13)8(12(15)16)10(9)17-2/h3-4H,1-2H3. The van der Waals surface area contributed by atoms with Crippen LogP contribution in [0.1, 0.15) is 17.3 Å². The average Bonchev–Trinajstić information content (AvgIpc) is 2.29. The highest BCUT2D eigenvalue weighted by Gasteiger charge is 2.28. The molecule has 7 nitrogen and oxygen atoms in total. The van der Waals surface area contributed by atoms with Gasteiger partial charge >= 0.3 is 11.7 Å². The van der Waals surface area contributed by atoms with Crippen molar-refractivity contribution in [1.29, 1.82) is 0 Å². The van der Waals surface area contributed by atoms with Crippen LogP contribution in [0.15, 0.2) is 6.07 Å². The molecule has 8 heteroatoms. The van der Waals surface area contributed by atoms with Crippen LogP contribution >= 0.6 is 11.6 Å². The minimum atomic E-state index is -0.814. The molecule has 0 atom stereocenters. The second-order valence-corrected chi connectivity index (χ2v) is 3.53. The summed E-state index contributed by atoms with van der Waals surface area (Å²) in [4.78, 5) is 31.7. The van der Waals surface area contributed by atoms with Gasteiger partial charge in [0.2, 0.25) is 5.75 Å². The van der Waals surface area contributed by atoms with Gasteiger partial charge in [-0.25, -0.2) is 0 Å². The number of nitro groups is 1. The van der Waals surface area contributed by atoms with E-state index in [-0.39, 0.29) is 28.4 Å². The van der Waals surface area contributed by atoms with Crippen molar-refractivity contribution < 1.29 is 24.0 Å². The number of carbonyl (C=O) groups excluding carboxylic acids is 2. The van der Waals surface area contributed by atoms with Crippen molar-refractivity contribution in [2.75, 3.05) is 7.11 Å². The Balaban J connectivity index is 3.62.